The van der Waals surface area contributed by atoms with Gasteiger partial charge in [0.2, 0.25) is 0 Å². The van der Waals surface area contributed by atoms with Crippen LogP contribution in [-0.4, -0.2) is 17.9 Å². The second-order valence-electron chi connectivity index (χ2n) is 3.60. The topological polar surface area (TPSA) is 20.2 Å². The number of alkyl halides is 3. The van der Waals surface area contributed by atoms with Crippen molar-refractivity contribution in [3.63, 3.8) is 0 Å². The largest absolute Gasteiger partial charge is 0.396 e. The lowest BCUT2D eigenvalue weighted by Crippen LogP contribution is -2.23. The van der Waals surface area contributed by atoms with Crippen molar-refractivity contribution in [2.24, 2.45) is 5.92 Å². The number of rotatable bonds is 7. The van der Waals surface area contributed by atoms with Gasteiger partial charge in [0, 0.05) is 6.61 Å². The third-order valence-corrected chi connectivity index (χ3v) is 2.35. The molecule has 0 bridgehead atoms. The third-order valence-electron chi connectivity index (χ3n) is 2.35. The summed E-state index contributed by atoms with van der Waals surface area (Å²) in [6, 6.07) is 0. The molecule has 0 aliphatic heterocycles. The first-order valence-electron chi connectivity index (χ1n) is 5.20. The second kappa shape index (κ2) is 7.10. The average Bonchev–Trinajstić information content (AvgIpc) is 2.08. The van der Waals surface area contributed by atoms with Crippen molar-refractivity contribution in [2.45, 2.75) is 51.6 Å². The van der Waals surface area contributed by atoms with Gasteiger partial charge in [0.15, 0.2) is 0 Å². The lowest BCUT2D eigenvalue weighted by atomic mass is 9.97. The summed E-state index contributed by atoms with van der Waals surface area (Å²) in [5.41, 5.74) is 0. The molecule has 1 N–H and O–H groups in total. The van der Waals surface area contributed by atoms with Gasteiger partial charge in [-0.2, -0.15) is 13.2 Å². The van der Waals surface area contributed by atoms with Gasteiger partial charge in [-0.25, -0.2) is 0 Å². The van der Waals surface area contributed by atoms with E-state index in [2.05, 4.69) is 0 Å². The second-order valence-corrected chi connectivity index (χ2v) is 3.60. The zero-order chi connectivity index (χ0) is 11.0. The van der Waals surface area contributed by atoms with Crippen molar-refractivity contribution >= 4 is 0 Å². The fourth-order valence-corrected chi connectivity index (χ4v) is 1.45. The van der Waals surface area contributed by atoms with Crippen LogP contribution in [0.25, 0.3) is 0 Å². The van der Waals surface area contributed by atoms with Gasteiger partial charge in [0.05, 0.1) is 5.92 Å². The van der Waals surface area contributed by atoms with Crippen molar-refractivity contribution in [1.82, 2.24) is 0 Å². The lowest BCUT2D eigenvalue weighted by molar-refractivity contribution is -0.180. The number of halogens is 3. The Kier molecular flexibility index (Phi) is 6.97. The van der Waals surface area contributed by atoms with Crippen LogP contribution in [0.2, 0.25) is 0 Å². The number of hydrogen-bond acceptors (Lipinski definition) is 1. The summed E-state index contributed by atoms with van der Waals surface area (Å²) < 4.78 is 36.9. The van der Waals surface area contributed by atoms with Crippen LogP contribution in [0.5, 0.6) is 0 Å². The van der Waals surface area contributed by atoms with Gasteiger partial charge in [0.25, 0.3) is 0 Å². The van der Waals surface area contributed by atoms with Gasteiger partial charge in [0.1, 0.15) is 0 Å². The number of aliphatic hydroxyl groups is 1. The fourth-order valence-electron chi connectivity index (χ4n) is 1.45. The molecular formula is C10H19F3O. The Balaban J connectivity index is 3.74. The number of hydrogen-bond donors (Lipinski definition) is 1. The van der Waals surface area contributed by atoms with Gasteiger partial charge >= 0.3 is 6.18 Å². The molecule has 0 amide bonds. The Labute approximate surface area is 83.3 Å². The van der Waals surface area contributed by atoms with Crippen LogP contribution in [0.1, 0.15) is 45.4 Å². The molecule has 0 aromatic heterocycles. The van der Waals surface area contributed by atoms with Crippen LogP contribution in [0, 0.1) is 5.92 Å². The molecule has 86 valence electrons. The maximum absolute atomic E-state index is 12.3. The van der Waals surface area contributed by atoms with Crippen molar-refractivity contribution in [3.8, 4) is 0 Å². The molecule has 4 heteroatoms. The molecule has 0 heterocycles. The monoisotopic (exact) mass is 212 g/mol. The molecule has 0 aliphatic carbocycles. The number of unbranched alkanes of at least 4 members (excludes halogenated alkanes) is 3. The van der Waals surface area contributed by atoms with Crippen LogP contribution in [0.3, 0.4) is 0 Å². The Morgan fingerprint density at radius 1 is 1.07 bits per heavy atom. The van der Waals surface area contributed by atoms with E-state index in [1.807, 2.05) is 6.92 Å². The minimum atomic E-state index is -4.14. The molecule has 0 aromatic rings. The van der Waals surface area contributed by atoms with E-state index in [1.54, 1.807) is 0 Å². The molecule has 0 fully saturated rings. The summed E-state index contributed by atoms with van der Waals surface area (Å²) in [5.74, 6) is -1.32. The fraction of sp³-hybridized carbons (Fsp3) is 1.00. The zero-order valence-electron chi connectivity index (χ0n) is 8.61. The van der Waals surface area contributed by atoms with E-state index in [0.29, 0.717) is 6.42 Å². The first-order chi connectivity index (χ1) is 6.52. The van der Waals surface area contributed by atoms with E-state index >= 15 is 0 Å². The molecule has 0 saturated carbocycles. The van der Waals surface area contributed by atoms with Crippen molar-refractivity contribution in [3.05, 3.63) is 0 Å². The summed E-state index contributed by atoms with van der Waals surface area (Å²) in [4.78, 5) is 0. The summed E-state index contributed by atoms with van der Waals surface area (Å²) >= 11 is 0. The summed E-state index contributed by atoms with van der Waals surface area (Å²) in [7, 11) is 0. The van der Waals surface area contributed by atoms with Gasteiger partial charge in [-0.3, -0.25) is 0 Å². The first kappa shape index (κ1) is 13.8. The van der Waals surface area contributed by atoms with E-state index in [0.717, 1.165) is 19.3 Å². The maximum atomic E-state index is 12.3. The Morgan fingerprint density at radius 2 is 1.71 bits per heavy atom. The quantitative estimate of drug-likeness (QED) is 0.640. The van der Waals surface area contributed by atoms with Crippen LogP contribution in [0.15, 0.2) is 0 Å². The molecule has 0 rings (SSSR count). The standard InChI is InChI=1S/C10H19F3O/c1-2-3-4-5-6-9(7-8-14)10(11,12)13/h9,14H,2-8H2,1H3. The van der Waals surface area contributed by atoms with Gasteiger partial charge < -0.3 is 5.11 Å². The molecule has 1 unspecified atom stereocenters. The summed E-state index contributed by atoms with van der Waals surface area (Å²) in [6.07, 6.45) is -0.665. The lowest BCUT2D eigenvalue weighted by Gasteiger charge is -2.18. The Bertz CT molecular complexity index is 134. The normalized spacial score (nSPS) is 14.4. The SMILES string of the molecule is CCCCCCC(CCO)C(F)(F)F. The molecule has 0 aliphatic rings. The van der Waals surface area contributed by atoms with Crippen molar-refractivity contribution in [2.75, 3.05) is 6.61 Å². The van der Waals surface area contributed by atoms with Crippen LogP contribution >= 0.6 is 0 Å². The predicted octanol–water partition coefficient (Wildman–Crippen LogP) is 3.52. The third kappa shape index (κ3) is 6.24. The minimum absolute atomic E-state index is 0.157. The molecule has 14 heavy (non-hydrogen) atoms. The van der Waals surface area contributed by atoms with E-state index in [-0.39, 0.29) is 19.4 Å². The van der Waals surface area contributed by atoms with E-state index < -0.39 is 12.1 Å². The Morgan fingerprint density at radius 3 is 2.14 bits per heavy atom. The smallest absolute Gasteiger partial charge is 0.391 e. The molecule has 1 atom stereocenters. The maximum Gasteiger partial charge on any atom is 0.391 e. The molecular weight excluding hydrogens is 193 g/mol. The Hall–Kier alpha value is -0.250. The first-order valence-corrected chi connectivity index (χ1v) is 5.20. The van der Waals surface area contributed by atoms with Gasteiger partial charge in [-0.05, 0) is 12.8 Å². The molecule has 0 saturated heterocycles. The van der Waals surface area contributed by atoms with Crippen LogP contribution < -0.4 is 0 Å². The highest BCUT2D eigenvalue weighted by Crippen LogP contribution is 2.32. The van der Waals surface area contributed by atoms with Crippen molar-refractivity contribution < 1.29 is 18.3 Å². The molecule has 1 nitrogen and oxygen atoms in total. The van der Waals surface area contributed by atoms with Crippen molar-refractivity contribution in [1.29, 1.82) is 0 Å². The van der Waals surface area contributed by atoms with Gasteiger partial charge in [-0.15, -0.1) is 0 Å². The van der Waals surface area contributed by atoms with Crippen LogP contribution in [0.4, 0.5) is 13.2 Å². The summed E-state index contributed by atoms with van der Waals surface area (Å²) in [6.45, 7) is 1.65. The predicted molar refractivity (Wildman–Crippen MR) is 50.0 cm³/mol. The van der Waals surface area contributed by atoms with E-state index in [9.17, 15) is 13.2 Å². The zero-order valence-corrected chi connectivity index (χ0v) is 8.61. The van der Waals surface area contributed by atoms with Gasteiger partial charge in [-0.1, -0.05) is 32.6 Å². The highest BCUT2D eigenvalue weighted by molar-refractivity contribution is 4.67. The molecule has 0 aromatic carbocycles. The van der Waals surface area contributed by atoms with Crippen LogP contribution in [-0.2, 0) is 0 Å². The number of aliphatic hydroxyl groups excluding tert-OH is 1. The van der Waals surface area contributed by atoms with E-state index in [1.165, 1.54) is 0 Å². The average molecular weight is 212 g/mol. The highest BCUT2D eigenvalue weighted by atomic mass is 19.4. The molecule has 0 radical (unpaired) electrons. The van der Waals surface area contributed by atoms with E-state index in [4.69, 9.17) is 5.11 Å². The highest BCUT2D eigenvalue weighted by Gasteiger charge is 2.38. The summed E-state index contributed by atoms with van der Waals surface area (Å²) in [5, 5.41) is 8.50. The minimum Gasteiger partial charge on any atom is -0.396 e. The molecule has 0 spiro atoms.